The smallest absolute Gasteiger partial charge is 0.119 e. The van der Waals surface area contributed by atoms with Crippen molar-refractivity contribution in [3.8, 4) is 39.1 Å². The summed E-state index contributed by atoms with van der Waals surface area (Å²) in [5.74, 6) is 0.962. The van der Waals surface area contributed by atoms with Gasteiger partial charge in [-0.3, -0.25) is 0 Å². The molecule has 3 aliphatic rings. The molecule has 0 aromatic heterocycles. The molecule has 4 aromatic rings. The summed E-state index contributed by atoms with van der Waals surface area (Å²) < 4.78 is 11.3. The van der Waals surface area contributed by atoms with E-state index in [-0.39, 0.29) is 5.41 Å². The topological polar surface area (TPSA) is 18.5 Å². The summed E-state index contributed by atoms with van der Waals surface area (Å²) in [6.45, 7) is 12.6. The standard InChI is InChI=1S/C46H54O2/c1-5-47-30-12-10-8-6-7-9-11-13-31-48-39-22-19-36(20-23-39)35-15-17-37(18-16-35)38-21-25-41-40-24-14-34(2)32-42(40)46(43(41)33-38)44(3)26-28-45(46,4)29-27-44/h5,14-25,32-33H,1,6-13,26-31H2,2-4H3. The van der Waals surface area contributed by atoms with Gasteiger partial charge in [0.2, 0.25) is 0 Å². The largest absolute Gasteiger partial charge is 0.502 e. The molecule has 4 aromatic carbocycles. The Bertz CT molecular complexity index is 1700. The Morgan fingerprint density at radius 3 is 1.60 bits per heavy atom. The van der Waals surface area contributed by atoms with Crippen molar-refractivity contribution in [2.75, 3.05) is 13.2 Å². The molecule has 2 nitrogen and oxygen atoms in total. The van der Waals surface area contributed by atoms with Gasteiger partial charge >= 0.3 is 0 Å². The van der Waals surface area contributed by atoms with Crippen LogP contribution in [0.4, 0.5) is 0 Å². The van der Waals surface area contributed by atoms with Crippen LogP contribution in [0, 0.1) is 17.8 Å². The molecule has 0 heterocycles. The van der Waals surface area contributed by atoms with E-state index in [1.807, 2.05) is 0 Å². The Labute approximate surface area is 289 Å². The van der Waals surface area contributed by atoms with E-state index in [9.17, 15) is 0 Å². The van der Waals surface area contributed by atoms with E-state index in [4.69, 9.17) is 9.47 Å². The summed E-state index contributed by atoms with van der Waals surface area (Å²) >= 11 is 0. The molecule has 0 radical (unpaired) electrons. The molecule has 0 saturated heterocycles. The van der Waals surface area contributed by atoms with Gasteiger partial charge in [0.05, 0.1) is 19.5 Å². The van der Waals surface area contributed by atoms with Crippen molar-refractivity contribution >= 4 is 0 Å². The fourth-order valence-electron chi connectivity index (χ4n) is 9.97. The van der Waals surface area contributed by atoms with Gasteiger partial charge in [0.1, 0.15) is 5.75 Å². The number of unbranched alkanes of at least 4 members (excludes halogenated alkanes) is 7. The van der Waals surface area contributed by atoms with Crippen LogP contribution in [0.25, 0.3) is 33.4 Å². The minimum absolute atomic E-state index is 0.109. The van der Waals surface area contributed by atoms with Crippen molar-refractivity contribution in [3.63, 3.8) is 0 Å². The van der Waals surface area contributed by atoms with Gasteiger partial charge in [-0.1, -0.05) is 131 Å². The molecule has 1 spiro atoms. The van der Waals surface area contributed by atoms with Crippen molar-refractivity contribution in [1.82, 2.24) is 0 Å². The predicted molar refractivity (Wildman–Crippen MR) is 202 cm³/mol. The first kappa shape index (κ1) is 32.8. The van der Waals surface area contributed by atoms with Crippen LogP contribution < -0.4 is 4.74 Å². The summed E-state index contributed by atoms with van der Waals surface area (Å²) in [4.78, 5) is 0. The molecule has 2 fully saturated rings. The highest BCUT2D eigenvalue weighted by atomic mass is 16.5. The highest BCUT2D eigenvalue weighted by molar-refractivity contribution is 5.86. The molecule has 0 amide bonds. The van der Waals surface area contributed by atoms with E-state index < -0.39 is 0 Å². The summed E-state index contributed by atoms with van der Waals surface area (Å²) in [5, 5.41) is 0. The summed E-state index contributed by atoms with van der Waals surface area (Å²) in [7, 11) is 0. The lowest BCUT2D eigenvalue weighted by Gasteiger charge is -2.45. The van der Waals surface area contributed by atoms with Gasteiger partial charge in [0, 0.05) is 5.41 Å². The van der Waals surface area contributed by atoms with Crippen LogP contribution in [0.2, 0.25) is 0 Å². The van der Waals surface area contributed by atoms with Crippen LogP contribution in [0.15, 0.2) is 97.8 Å². The summed E-state index contributed by atoms with van der Waals surface area (Å²) in [5.41, 5.74) is 13.3. The zero-order valence-electron chi connectivity index (χ0n) is 29.6. The highest BCUT2D eigenvalue weighted by Crippen LogP contribution is 2.78. The van der Waals surface area contributed by atoms with E-state index in [0.29, 0.717) is 10.8 Å². The second-order valence-corrected chi connectivity index (χ2v) is 15.5. The Hall–Kier alpha value is -3.78. The molecular weight excluding hydrogens is 585 g/mol. The van der Waals surface area contributed by atoms with Gasteiger partial charge in [-0.15, -0.1) is 0 Å². The molecule has 0 aliphatic heterocycles. The normalized spacial score (nSPS) is 23.3. The number of fused-ring (bicyclic) bond motifs is 3. The molecule has 2 bridgehead atoms. The molecule has 2 heteroatoms. The van der Waals surface area contributed by atoms with Gasteiger partial charge in [0.15, 0.2) is 0 Å². The van der Waals surface area contributed by atoms with E-state index in [0.717, 1.165) is 31.8 Å². The van der Waals surface area contributed by atoms with Gasteiger partial charge in [-0.25, -0.2) is 0 Å². The third-order valence-electron chi connectivity index (χ3n) is 12.5. The third-order valence-corrected chi connectivity index (χ3v) is 12.5. The first-order valence-corrected chi connectivity index (χ1v) is 18.7. The average molecular weight is 639 g/mol. The Kier molecular flexibility index (Phi) is 9.29. The average Bonchev–Trinajstić information content (AvgIpc) is 3.63. The zero-order valence-corrected chi connectivity index (χ0v) is 29.6. The third kappa shape index (κ3) is 5.70. The maximum absolute atomic E-state index is 6.07. The van der Waals surface area contributed by atoms with Crippen LogP contribution in [-0.2, 0) is 10.2 Å². The first-order valence-electron chi connectivity index (χ1n) is 18.7. The number of ether oxygens (including phenoxy) is 2. The Balaban J connectivity index is 0.978. The second-order valence-electron chi connectivity index (χ2n) is 15.5. The molecule has 0 N–H and O–H groups in total. The van der Waals surface area contributed by atoms with E-state index >= 15 is 0 Å². The molecular formula is C46H54O2. The van der Waals surface area contributed by atoms with Crippen molar-refractivity contribution < 1.29 is 9.47 Å². The molecule has 3 aliphatic carbocycles. The van der Waals surface area contributed by atoms with Crippen molar-refractivity contribution in [2.45, 2.75) is 103 Å². The lowest BCUT2D eigenvalue weighted by atomic mass is 9.57. The number of rotatable bonds is 15. The van der Waals surface area contributed by atoms with Crippen LogP contribution >= 0.6 is 0 Å². The van der Waals surface area contributed by atoms with Crippen LogP contribution in [-0.4, -0.2) is 13.2 Å². The SMILES string of the molecule is C=COCCCCCCCCCCOc1ccc(-c2ccc(-c3ccc4c(c3)C3(c5cc(C)ccc5-4)C4(C)CCC3(C)CC4)cc2)cc1. The molecule has 0 atom stereocenters. The minimum Gasteiger partial charge on any atom is -0.502 e. The minimum atomic E-state index is 0.109. The van der Waals surface area contributed by atoms with Crippen molar-refractivity contribution in [3.05, 3.63) is 114 Å². The maximum atomic E-state index is 6.07. The molecule has 0 unspecified atom stereocenters. The van der Waals surface area contributed by atoms with Crippen LogP contribution in [0.1, 0.15) is 108 Å². The molecule has 7 rings (SSSR count). The monoisotopic (exact) mass is 638 g/mol. The Morgan fingerprint density at radius 2 is 1.02 bits per heavy atom. The number of benzene rings is 4. The van der Waals surface area contributed by atoms with Gasteiger partial charge in [0.25, 0.3) is 0 Å². The molecule has 250 valence electrons. The van der Waals surface area contributed by atoms with Gasteiger partial charge in [-0.2, -0.15) is 0 Å². The van der Waals surface area contributed by atoms with E-state index in [1.54, 1.807) is 11.1 Å². The second kappa shape index (κ2) is 13.6. The number of hydrogen-bond donors (Lipinski definition) is 0. The van der Waals surface area contributed by atoms with E-state index in [2.05, 4.69) is 112 Å². The summed E-state index contributed by atoms with van der Waals surface area (Å²) in [6, 6.07) is 32.4. The zero-order chi connectivity index (χ0) is 33.2. The summed E-state index contributed by atoms with van der Waals surface area (Å²) in [6.07, 6.45) is 16.8. The molecule has 48 heavy (non-hydrogen) atoms. The highest BCUT2D eigenvalue weighted by Gasteiger charge is 2.71. The van der Waals surface area contributed by atoms with Gasteiger partial charge in [-0.05, 0) is 119 Å². The quantitative estimate of drug-likeness (QED) is 0.0953. The van der Waals surface area contributed by atoms with Crippen LogP contribution in [0.5, 0.6) is 5.75 Å². The number of hydrogen-bond acceptors (Lipinski definition) is 2. The van der Waals surface area contributed by atoms with Crippen molar-refractivity contribution in [1.29, 1.82) is 0 Å². The molecule has 2 saturated carbocycles. The lowest BCUT2D eigenvalue weighted by Crippen LogP contribution is -2.42. The van der Waals surface area contributed by atoms with Crippen LogP contribution in [0.3, 0.4) is 0 Å². The maximum Gasteiger partial charge on any atom is 0.119 e. The predicted octanol–water partition coefficient (Wildman–Crippen LogP) is 12.9. The lowest BCUT2D eigenvalue weighted by molar-refractivity contribution is 0.207. The fraction of sp³-hybridized carbons (Fsp3) is 0.435. The van der Waals surface area contributed by atoms with E-state index in [1.165, 1.54) is 109 Å². The Morgan fingerprint density at radius 1 is 0.562 bits per heavy atom. The van der Waals surface area contributed by atoms with Gasteiger partial charge < -0.3 is 9.47 Å². The first-order chi connectivity index (χ1) is 23.4. The van der Waals surface area contributed by atoms with Crippen molar-refractivity contribution in [2.24, 2.45) is 10.8 Å². The number of aryl methyl sites for hydroxylation is 1. The fourth-order valence-corrected chi connectivity index (χ4v) is 9.97.